The Hall–Kier alpha value is -2.93. The van der Waals surface area contributed by atoms with Gasteiger partial charge in [-0.3, -0.25) is 4.79 Å². The lowest BCUT2D eigenvalue weighted by molar-refractivity contribution is -0.114. The van der Waals surface area contributed by atoms with Gasteiger partial charge in [0.05, 0.1) is 17.6 Å². The number of aromatic nitrogens is 2. The van der Waals surface area contributed by atoms with E-state index in [9.17, 15) is 9.18 Å². The number of hydrogen-bond donors (Lipinski definition) is 1. The van der Waals surface area contributed by atoms with E-state index >= 15 is 0 Å². The maximum atomic E-state index is 14.5. The number of rotatable bonds is 3. The molecule has 0 spiro atoms. The molecule has 4 rings (SSSR count). The van der Waals surface area contributed by atoms with Gasteiger partial charge in [0.15, 0.2) is 5.16 Å². The summed E-state index contributed by atoms with van der Waals surface area (Å²) in [5.41, 5.74) is 3.33. The largest absolute Gasteiger partial charge is 0.326 e. The van der Waals surface area contributed by atoms with Gasteiger partial charge >= 0.3 is 0 Å². The van der Waals surface area contributed by atoms with Gasteiger partial charge < -0.3 is 5.32 Å². The van der Waals surface area contributed by atoms with Crippen molar-refractivity contribution in [3.8, 4) is 11.3 Å². The smallest absolute Gasteiger partial charge is 0.221 e. The minimum absolute atomic E-state index is 0.237. The molecule has 0 aliphatic carbocycles. The second kappa shape index (κ2) is 6.76. The Balaban J connectivity index is 1.66. The lowest BCUT2D eigenvalue weighted by Crippen LogP contribution is -2.15. The van der Waals surface area contributed by atoms with Gasteiger partial charge in [-0.1, -0.05) is 42.1 Å². The SMILES string of the molecule is CC(=O)Nc1ccc(C2=Nn3cc(-c4ccccc4)nc3SC2)c(F)c1. The summed E-state index contributed by atoms with van der Waals surface area (Å²) in [5.74, 6) is -0.122. The van der Waals surface area contributed by atoms with Gasteiger partial charge in [-0.15, -0.1) is 0 Å². The Morgan fingerprint density at radius 1 is 1.23 bits per heavy atom. The molecule has 130 valence electrons. The first-order valence-electron chi connectivity index (χ1n) is 8.03. The fourth-order valence-electron chi connectivity index (χ4n) is 2.73. The molecule has 2 heterocycles. The molecular weight excluding hydrogens is 351 g/mol. The van der Waals surface area contributed by atoms with E-state index in [4.69, 9.17) is 0 Å². The van der Waals surface area contributed by atoms with Crippen molar-refractivity contribution >= 4 is 29.1 Å². The average Bonchev–Trinajstić information content (AvgIpc) is 3.05. The number of nitrogens with one attached hydrogen (secondary N) is 1. The summed E-state index contributed by atoms with van der Waals surface area (Å²) in [6.45, 7) is 1.39. The molecule has 0 saturated heterocycles. The number of anilines is 1. The maximum Gasteiger partial charge on any atom is 0.221 e. The van der Waals surface area contributed by atoms with E-state index in [0.29, 0.717) is 22.7 Å². The number of thioether (sulfide) groups is 1. The van der Waals surface area contributed by atoms with Crippen LogP contribution in [0.1, 0.15) is 12.5 Å². The molecule has 1 aromatic heterocycles. The zero-order valence-corrected chi connectivity index (χ0v) is 14.8. The zero-order chi connectivity index (χ0) is 18.1. The van der Waals surface area contributed by atoms with Crippen LogP contribution in [-0.4, -0.2) is 27.0 Å². The van der Waals surface area contributed by atoms with E-state index in [-0.39, 0.29) is 5.91 Å². The van der Waals surface area contributed by atoms with Crippen LogP contribution in [0.3, 0.4) is 0 Å². The van der Waals surface area contributed by atoms with Crippen LogP contribution in [-0.2, 0) is 4.79 Å². The number of carbonyl (C=O) groups excluding carboxylic acids is 1. The molecule has 1 amide bonds. The van der Waals surface area contributed by atoms with Gasteiger partial charge in [-0.2, -0.15) is 5.10 Å². The molecular formula is C19H15FN4OS. The van der Waals surface area contributed by atoms with Crippen molar-refractivity contribution in [1.29, 1.82) is 0 Å². The molecule has 7 heteroatoms. The van der Waals surface area contributed by atoms with E-state index in [1.807, 2.05) is 36.5 Å². The number of nitrogens with zero attached hydrogens (tertiary/aromatic N) is 3. The first-order valence-corrected chi connectivity index (χ1v) is 9.02. The Bertz CT molecular complexity index is 1010. The first-order chi connectivity index (χ1) is 12.6. The zero-order valence-electron chi connectivity index (χ0n) is 13.9. The van der Waals surface area contributed by atoms with E-state index in [0.717, 1.165) is 16.4 Å². The highest BCUT2D eigenvalue weighted by Crippen LogP contribution is 2.29. The van der Waals surface area contributed by atoms with Crippen LogP contribution < -0.4 is 5.32 Å². The van der Waals surface area contributed by atoms with Gasteiger partial charge in [0.1, 0.15) is 5.82 Å². The molecule has 1 aliphatic rings. The fourth-order valence-corrected chi connectivity index (χ4v) is 3.59. The van der Waals surface area contributed by atoms with Crippen molar-refractivity contribution in [1.82, 2.24) is 9.66 Å². The number of hydrogen-bond acceptors (Lipinski definition) is 4. The van der Waals surface area contributed by atoms with Gasteiger partial charge in [-0.05, 0) is 18.2 Å². The van der Waals surface area contributed by atoms with Gasteiger partial charge in [0, 0.05) is 29.5 Å². The van der Waals surface area contributed by atoms with Crippen molar-refractivity contribution in [3.63, 3.8) is 0 Å². The molecule has 0 radical (unpaired) electrons. The maximum absolute atomic E-state index is 14.5. The number of amides is 1. The summed E-state index contributed by atoms with van der Waals surface area (Å²) in [7, 11) is 0. The summed E-state index contributed by atoms with van der Waals surface area (Å²) in [6, 6.07) is 14.5. The van der Waals surface area contributed by atoms with Crippen LogP contribution in [0.4, 0.5) is 10.1 Å². The van der Waals surface area contributed by atoms with Crippen LogP contribution >= 0.6 is 11.8 Å². The van der Waals surface area contributed by atoms with E-state index in [1.165, 1.54) is 24.8 Å². The average molecular weight is 366 g/mol. The molecule has 1 aliphatic heterocycles. The number of carbonyl (C=O) groups is 1. The Labute approximate surface area is 154 Å². The second-order valence-corrected chi connectivity index (χ2v) is 6.77. The van der Waals surface area contributed by atoms with Crippen LogP contribution in [0.25, 0.3) is 11.3 Å². The second-order valence-electron chi connectivity index (χ2n) is 5.83. The Kier molecular flexibility index (Phi) is 4.30. The monoisotopic (exact) mass is 366 g/mol. The van der Waals surface area contributed by atoms with Crippen molar-refractivity contribution in [2.45, 2.75) is 12.1 Å². The predicted octanol–water partition coefficient (Wildman–Crippen LogP) is 4.01. The molecule has 3 aromatic rings. The minimum atomic E-state index is -0.414. The van der Waals surface area contributed by atoms with Crippen molar-refractivity contribution in [3.05, 3.63) is 66.1 Å². The lowest BCUT2D eigenvalue weighted by atomic mass is 10.1. The molecule has 0 fully saturated rings. The molecule has 1 N–H and O–H groups in total. The van der Waals surface area contributed by atoms with Crippen LogP contribution in [0.5, 0.6) is 0 Å². The van der Waals surface area contributed by atoms with Gasteiger partial charge in [0.2, 0.25) is 5.91 Å². The van der Waals surface area contributed by atoms with Crippen molar-refractivity contribution in [2.24, 2.45) is 5.10 Å². The topological polar surface area (TPSA) is 59.3 Å². The summed E-state index contributed by atoms with van der Waals surface area (Å²) < 4.78 is 16.2. The highest BCUT2D eigenvalue weighted by atomic mass is 32.2. The minimum Gasteiger partial charge on any atom is -0.326 e. The molecule has 0 atom stereocenters. The summed E-state index contributed by atoms with van der Waals surface area (Å²) in [6.07, 6.45) is 1.85. The highest BCUT2D eigenvalue weighted by Gasteiger charge is 2.20. The summed E-state index contributed by atoms with van der Waals surface area (Å²) in [4.78, 5) is 15.7. The standard InChI is InChI=1S/C19H15FN4OS/c1-12(25)21-14-7-8-15(16(20)9-14)18-11-26-19-22-17(10-24(19)23-18)13-5-3-2-4-6-13/h2-10H,11H2,1H3,(H,21,25). The van der Waals surface area contributed by atoms with E-state index in [2.05, 4.69) is 15.4 Å². The van der Waals surface area contributed by atoms with Crippen molar-refractivity contribution in [2.75, 3.05) is 11.1 Å². The normalized spacial score (nSPS) is 13.1. The van der Waals surface area contributed by atoms with Gasteiger partial charge in [-0.25, -0.2) is 14.1 Å². The van der Waals surface area contributed by atoms with Crippen LogP contribution in [0.2, 0.25) is 0 Å². The van der Waals surface area contributed by atoms with Crippen molar-refractivity contribution < 1.29 is 9.18 Å². The number of benzene rings is 2. The first kappa shape index (κ1) is 16.5. The third-order valence-corrected chi connectivity index (χ3v) is 4.85. The van der Waals surface area contributed by atoms with E-state index < -0.39 is 5.82 Å². The quantitative estimate of drug-likeness (QED) is 0.762. The molecule has 2 aromatic carbocycles. The molecule has 0 saturated carbocycles. The Morgan fingerprint density at radius 2 is 2.04 bits per heavy atom. The number of fused-ring (bicyclic) bond motifs is 1. The third kappa shape index (κ3) is 3.25. The molecule has 5 nitrogen and oxygen atoms in total. The predicted molar refractivity (Wildman–Crippen MR) is 101 cm³/mol. The summed E-state index contributed by atoms with van der Waals surface area (Å²) in [5, 5.41) is 7.89. The molecule has 26 heavy (non-hydrogen) atoms. The lowest BCUT2D eigenvalue weighted by Gasteiger charge is -2.14. The molecule has 0 unspecified atom stereocenters. The van der Waals surface area contributed by atoms with Gasteiger partial charge in [0.25, 0.3) is 0 Å². The number of halogens is 1. The van der Waals surface area contributed by atoms with Crippen LogP contribution in [0.15, 0.2) is 65.0 Å². The summed E-state index contributed by atoms with van der Waals surface area (Å²) >= 11 is 1.52. The van der Waals surface area contributed by atoms with E-state index in [1.54, 1.807) is 16.8 Å². The fraction of sp³-hybridized carbons (Fsp3) is 0.105. The Morgan fingerprint density at radius 3 is 2.77 bits per heavy atom. The number of imidazole rings is 1. The highest BCUT2D eigenvalue weighted by molar-refractivity contribution is 7.99. The third-order valence-electron chi connectivity index (χ3n) is 3.89. The van der Waals surface area contributed by atoms with Crippen LogP contribution in [0, 0.1) is 5.82 Å². The molecule has 0 bridgehead atoms.